The lowest BCUT2D eigenvalue weighted by Crippen LogP contribution is -2.62. The molecule has 28 heteroatoms. The average Bonchev–Trinajstić information content (AvgIpc) is 1.56. The van der Waals surface area contributed by atoms with E-state index in [1.807, 2.05) is 0 Å². The molecule has 0 saturated carbocycles. The number of amides is 12. The number of aromatic hydroxyl groups is 1. The van der Waals surface area contributed by atoms with Gasteiger partial charge in [0.15, 0.2) is 0 Å². The summed E-state index contributed by atoms with van der Waals surface area (Å²) < 4.78 is 0. The molecule has 6 rings (SSSR count). The standard InChI is InChI=1S/C66H84N12O16/c1-4-28-68-55(82)35-49-62(90)69-44(26-27-54(67)81)57(85)71-47(33-42-22-24-43(80)25-23-42)61(89)77-52(37-79)64(92)74-50(36-56(83)84)63(91)70-45(30-38(2)3)58(86)76-51(34-41-19-12-7-13-20-41)66(94)78-29-14-21-53(78)65(93)75-48(32-40-17-10-6-11-18-40)60(88)72-46(59(87)73-49)31-39-15-8-5-9-16-39/h5-13,15-20,22-25,38,44-53,79-80H,4,14,21,26-37H2,1-3H3,(H2,67,81)(H,68,82)(H,69,90)(H,70,91)(H,71,85)(H,72,88)(H,73,87)(H,74,92)(H,75,93)(H,76,86)(H,77,89)(H,83,84)/t44-,45-,46+,47-,48-,49-,50-,51+,52-,53-/m0/s1. The molecular weight excluding hydrogens is 1220 g/mol. The van der Waals surface area contributed by atoms with Gasteiger partial charge in [0.25, 0.3) is 0 Å². The summed E-state index contributed by atoms with van der Waals surface area (Å²) in [6.07, 6.45) is -3.11. The summed E-state index contributed by atoms with van der Waals surface area (Å²) in [6, 6.07) is 14.4. The van der Waals surface area contributed by atoms with Crippen molar-refractivity contribution in [2.45, 2.75) is 158 Å². The molecule has 0 spiro atoms. The number of carboxylic acid groups (broad SMARTS) is 1. The molecule has 4 aromatic carbocycles. The van der Waals surface area contributed by atoms with Crippen LogP contribution in [0.3, 0.4) is 0 Å². The number of nitrogens with two attached hydrogens (primary N) is 1. The van der Waals surface area contributed by atoms with E-state index in [9.17, 15) is 72.9 Å². The number of phenols is 1. The molecule has 0 aliphatic carbocycles. The van der Waals surface area contributed by atoms with Gasteiger partial charge < -0.3 is 79.1 Å². The number of phenolic OH excluding ortho intramolecular Hbond substituents is 1. The number of rotatable bonds is 20. The van der Waals surface area contributed by atoms with Crippen molar-refractivity contribution in [1.82, 2.24) is 58.1 Å². The molecule has 0 radical (unpaired) electrons. The first-order valence-electron chi connectivity index (χ1n) is 31.2. The topological polar surface area (TPSA) is 432 Å². The van der Waals surface area contributed by atoms with Crippen LogP contribution < -0.4 is 58.9 Å². The van der Waals surface area contributed by atoms with E-state index in [0.717, 1.165) is 0 Å². The molecule has 15 N–H and O–H groups in total. The van der Waals surface area contributed by atoms with E-state index in [4.69, 9.17) is 5.73 Å². The zero-order chi connectivity index (χ0) is 68.4. The Morgan fingerprint density at radius 3 is 1.36 bits per heavy atom. The maximum Gasteiger partial charge on any atom is 0.305 e. The van der Waals surface area contributed by atoms with Gasteiger partial charge in [0.1, 0.15) is 66.2 Å². The van der Waals surface area contributed by atoms with Gasteiger partial charge in [-0.1, -0.05) is 124 Å². The minimum Gasteiger partial charge on any atom is -0.508 e. The number of hydrogen-bond acceptors (Lipinski definition) is 15. The third-order valence-electron chi connectivity index (χ3n) is 15.7. The Kier molecular flexibility index (Phi) is 28.0. The van der Waals surface area contributed by atoms with Crippen LogP contribution >= 0.6 is 0 Å². The minimum atomic E-state index is -1.99. The van der Waals surface area contributed by atoms with Crippen LogP contribution in [0.15, 0.2) is 115 Å². The van der Waals surface area contributed by atoms with Crippen molar-refractivity contribution >= 4 is 76.9 Å². The number of nitrogens with zero attached hydrogens (tertiary/aromatic N) is 1. The molecule has 0 aromatic heterocycles. The molecule has 28 nitrogen and oxygen atoms in total. The summed E-state index contributed by atoms with van der Waals surface area (Å²) in [5.74, 6) is -14.1. The molecular formula is C66H84N12O16. The summed E-state index contributed by atoms with van der Waals surface area (Å²) in [4.78, 5) is 186. The van der Waals surface area contributed by atoms with E-state index in [2.05, 4.69) is 53.2 Å². The van der Waals surface area contributed by atoms with Gasteiger partial charge in [0.05, 0.1) is 19.4 Å². The Balaban J connectivity index is 1.47. The first kappa shape index (κ1) is 72.8. The van der Waals surface area contributed by atoms with Crippen LogP contribution in [0.2, 0.25) is 0 Å². The van der Waals surface area contributed by atoms with E-state index in [1.54, 1.807) is 112 Å². The van der Waals surface area contributed by atoms with Crippen molar-refractivity contribution in [3.05, 3.63) is 138 Å². The number of aliphatic carboxylic acids is 1. The number of benzene rings is 4. The molecule has 504 valence electrons. The fourth-order valence-electron chi connectivity index (χ4n) is 10.8. The largest absolute Gasteiger partial charge is 0.508 e. The van der Waals surface area contributed by atoms with Crippen LogP contribution in [0.1, 0.15) is 94.4 Å². The summed E-state index contributed by atoms with van der Waals surface area (Å²) in [6.45, 7) is 4.18. The van der Waals surface area contributed by atoms with Gasteiger partial charge in [0.2, 0.25) is 70.9 Å². The van der Waals surface area contributed by atoms with Crippen LogP contribution in [-0.2, 0) is 88.0 Å². The van der Waals surface area contributed by atoms with E-state index >= 15 is 4.79 Å². The van der Waals surface area contributed by atoms with Crippen LogP contribution in [0.5, 0.6) is 5.75 Å². The van der Waals surface area contributed by atoms with Crippen LogP contribution in [0.25, 0.3) is 0 Å². The van der Waals surface area contributed by atoms with E-state index < -0.39 is 176 Å². The van der Waals surface area contributed by atoms with Gasteiger partial charge in [-0.15, -0.1) is 0 Å². The van der Waals surface area contributed by atoms with Gasteiger partial charge in [-0.2, -0.15) is 0 Å². The van der Waals surface area contributed by atoms with Gasteiger partial charge in [-0.25, -0.2) is 0 Å². The number of fused-ring (bicyclic) bond motifs is 1. The van der Waals surface area contributed by atoms with Crippen molar-refractivity contribution in [3.63, 3.8) is 0 Å². The van der Waals surface area contributed by atoms with E-state index in [0.29, 0.717) is 35.1 Å². The number of aliphatic hydroxyl groups excluding tert-OH is 1. The average molecular weight is 1300 g/mol. The number of carboxylic acids is 1. The van der Waals surface area contributed by atoms with Crippen molar-refractivity contribution in [3.8, 4) is 5.75 Å². The Morgan fingerprint density at radius 1 is 0.511 bits per heavy atom. The number of primary amides is 1. The number of nitrogens with one attached hydrogen (secondary N) is 10. The number of aliphatic hydroxyl groups is 1. The second-order valence-corrected chi connectivity index (χ2v) is 23.6. The van der Waals surface area contributed by atoms with Crippen molar-refractivity contribution in [2.75, 3.05) is 19.7 Å². The first-order valence-corrected chi connectivity index (χ1v) is 31.2. The highest BCUT2D eigenvalue weighted by Crippen LogP contribution is 2.22. The zero-order valence-corrected chi connectivity index (χ0v) is 52.6. The molecule has 0 unspecified atom stereocenters. The summed E-state index contributed by atoms with van der Waals surface area (Å²) in [5, 5.41) is 56.2. The molecule has 2 aliphatic rings. The molecule has 2 heterocycles. The van der Waals surface area contributed by atoms with Gasteiger partial charge in [-0.3, -0.25) is 62.3 Å². The smallest absolute Gasteiger partial charge is 0.305 e. The monoisotopic (exact) mass is 1300 g/mol. The Bertz CT molecular complexity index is 3310. The third kappa shape index (κ3) is 22.8. The Hall–Kier alpha value is -10.2. The molecule has 94 heavy (non-hydrogen) atoms. The van der Waals surface area contributed by atoms with Crippen molar-refractivity contribution in [2.24, 2.45) is 11.7 Å². The fraction of sp³-hybridized carbons (Fsp3) is 0.439. The Labute approximate surface area is 543 Å². The van der Waals surface area contributed by atoms with Gasteiger partial charge in [-0.05, 0) is 72.4 Å². The van der Waals surface area contributed by atoms with Crippen LogP contribution in [-0.4, -0.2) is 177 Å². The van der Waals surface area contributed by atoms with E-state index in [1.165, 1.54) is 29.2 Å². The Morgan fingerprint density at radius 2 is 0.894 bits per heavy atom. The first-order chi connectivity index (χ1) is 44.9. The molecule has 0 bridgehead atoms. The molecule has 10 atom stereocenters. The lowest BCUT2D eigenvalue weighted by molar-refractivity contribution is -0.143. The lowest BCUT2D eigenvalue weighted by atomic mass is 10.00. The maximum absolute atomic E-state index is 15.1. The second kappa shape index (κ2) is 36.1. The highest BCUT2D eigenvalue weighted by Gasteiger charge is 2.42. The van der Waals surface area contributed by atoms with Gasteiger partial charge in [0, 0.05) is 45.2 Å². The second-order valence-electron chi connectivity index (χ2n) is 23.6. The molecule has 2 aliphatic heterocycles. The normalized spacial score (nSPS) is 23.5. The van der Waals surface area contributed by atoms with Crippen molar-refractivity contribution in [1.29, 1.82) is 0 Å². The minimum absolute atomic E-state index is 0.0197. The fourth-order valence-corrected chi connectivity index (χ4v) is 10.8. The van der Waals surface area contributed by atoms with E-state index in [-0.39, 0.29) is 56.9 Å². The van der Waals surface area contributed by atoms with Crippen molar-refractivity contribution < 1.29 is 77.6 Å². The number of carbonyl (C=O) groups is 13. The lowest BCUT2D eigenvalue weighted by Gasteiger charge is -2.31. The highest BCUT2D eigenvalue weighted by atomic mass is 16.4. The quantitative estimate of drug-likeness (QED) is 0.0490. The summed E-state index contributed by atoms with van der Waals surface area (Å²) in [7, 11) is 0. The number of carbonyl (C=O) groups excluding carboxylic acids is 12. The zero-order valence-electron chi connectivity index (χ0n) is 52.6. The molecule has 2 saturated heterocycles. The SMILES string of the molecule is CCCNC(=O)C[C@@H]1NC(=O)[C@@H](Cc2ccccc2)NC(=O)[C@H](Cc2ccccc2)NC(=O)[C@@H]2CCCN2C(=O)[C@@H](Cc2ccccc2)NC(=O)[C@H](CC(C)C)NC(=O)[C@H](CC(=O)O)NC(=O)[C@H](CO)NC(=O)[C@H](Cc2ccc(O)cc2)NC(=O)[C@H](CCC(N)=O)NC1=O. The van der Waals surface area contributed by atoms with Gasteiger partial charge >= 0.3 is 5.97 Å². The molecule has 4 aromatic rings. The summed E-state index contributed by atoms with van der Waals surface area (Å²) in [5.41, 5.74) is 7.48. The third-order valence-corrected chi connectivity index (χ3v) is 15.7. The molecule has 2 fully saturated rings. The van der Waals surface area contributed by atoms with Crippen LogP contribution in [0.4, 0.5) is 0 Å². The van der Waals surface area contributed by atoms with Crippen LogP contribution in [0, 0.1) is 5.92 Å². The highest BCUT2D eigenvalue weighted by molar-refractivity contribution is 6.01. The predicted molar refractivity (Wildman–Crippen MR) is 339 cm³/mol. The molecule has 12 amide bonds. The number of hydrogen-bond donors (Lipinski definition) is 14. The maximum atomic E-state index is 15.1. The summed E-state index contributed by atoms with van der Waals surface area (Å²) >= 11 is 0. The predicted octanol–water partition coefficient (Wildman–Crippen LogP) is -1.27.